The van der Waals surface area contributed by atoms with Gasteiger partial charge in [-0.3, -0.25) is 4.79 Å². The van der Waals surface area contributed by atoms with Crippen LogP contribution in [0.5, 0.6) is 5.88 Å². The number of nitrogens with zero attached hydrogens (tertiary/aromatic N) is 2. The van der Waals surface area contributed by atoms with E-state index in [1.807, 2.05) is 18.2 Å². The second-order valence-electron chi connectivity index (χ2n) is 8.30. The number of ether oxygens (including phenoxy) is 2. The summed E-state index contributed by atoms with van der Waals surface area (Å²) >= 11 is 0. The van der Waals surface area contributed by atoms with Crippen LogP contribution in [0, 0.1) is 5.82 Å². The minimum atomic E-state index is -0.784. The summed E-state index contributed by atoms with van der Waals surface area (Å²) in [6.45, 7) is 0.830. The number of hydrogen-bond acceptors (Lipinski definition) is 8. The van der Waals surface area contributed by atoms with Gasteiger partial charge in [-0.15, -0.1) is 0 Å². The van der Waals surface area contributed by atoms with Crippen LogP contribution in [0.15, 0.2) is 36.5 Å². The van der Waals surface area contributed by atoms with E-state index in [2.05, 4.69) is 20.6 Å². The molecule has 0 spiro atoms. The van der Waals surface area contributed by atoms with Crippen LogP contribution in [0.3, 0.4) is 0 Å². The summed E-state index contributed by atoms with van der Waals surface area (Å²) in [6.07, 6.45) is 5.41. The highest BCUT2D eigenvalue weighted by Crippen LogP contribution is 2.30. The Bertz CT molecular complexity index is 1170. The Morgan fingerprint density at radius 1 is 1.18 bits per heavy atom. The van der Waals surface area contributed by atoms with Gasteiger partial charge in [0.1, 0.15) is 12.4 Å². The molecular weight excluding hydrogens is 439 g/mol. The van der Waals surface area contributed by atoms with Crippen molar-refractivity contribution in [3.05, 3.63) is 47.9 Å². The van der Waals surface area contributed by atoms with Crippen LogP contribution in [-0.4, -0.2) is 48.3 Å². The normalized spacial score (nSPS) is 18.0. The van der Waals surface area contributed by atoms with Gasteiger partial charge in [-0.2, -0.15) is 0 Å². The molecule has 0 aliphatic heterocycles. The first-order valence-electron chi connectivity index (χ1n) is 11.3. The molecule has 0 radical (unpaired) electrons. The Labute approximate surface area is 197 Å². The van der Waals surface area contributed by atoms with Gasteiger partial charge in [0.25, 0.3) is 5.91 Å². The van der Waals surface area contributed by atoms with E-state index in [0.717, 1.165) is 42.5 Å². The molecule has 1 aliphatic rings. The molecular formula is C24H29FN6O3. The highest BCUT2D eigenvalue weighted by atomic mass is 19.1. The Kier molecular flexibility index (Phi) is 7.39. The summed E-state index contributed by atoms with van der Waals surface area (Å²) in [4.78, 5) is 20.6. The zero-order valence-corrected chi connectivity index (χ0v) is 19.0. The summed E-state index contributed by atoms with van der Waals surface area (Å²) in [5.41, 5.74) is 12.3. The lowest BCUT2D eigenvalue weighted by molar-refractivity contribution is 0.100. The van der Waals surface area contributed by atoms with E-state index < -0.39 is 11.7 Å². The number of pyridine rings is 2. The first kappa shape index (κ1) is 23.7. The largest absolute Gasteiger partial charge is 0.475 e. The van der Waals surface area contributed by atoms with Crippen LogP contribution in [-0.2, 0) is 4.74 Å². The number of anilines is 3. The predicted octanol–water partition coefficient (Wildman–Crippen LogP) is 3.32. The number of hydrogen-bond donors (Lipinski definition) is 4. The number of methoxy groups -OCH3 is 1. The third-order valence-electron chi connectivity index (χ3n) is 5.90. The molecule has 6 N–H and O–H groups in total. The van der Waals surface area contributed by atoms with Crippen molar-refractivity contribution in [2.24, 2.45) is 11.5 Å². The van der Waals surface area contributed by atoms with Gasteiger partial charge >= 0.3 is 0 Å². The molecule has 2 atom stereocenters. The summed E-state index contributed by atoms with van der Waals surface area (Å²) in [5, 5.41) is 7.90. The van der Waals surface area contributed by atoms with E-state index in [9.17, 15) is 9.18 Å². The zero-order chi connectivity index (χ0) is 24.1. The van der Waals surface area contributed by atoms with Crippen molar-refractivity contribution in [3.63, 3.8) is 0 Å². The third-order valence-corrected chi connectivity index (χ3v) is 5.90. The smallest absolute Gasteiger partial charge is 0.252 e. The van der Waals surface area contributed by atoms with Gasteiger partial charge in [0.15, 0.2) is 11.6 Å². The maximum absolute atomic E-state index is 14.8. The number of fused-ring (bicyclic) bond motifs is 1. The average Bonchev–Trinajstić information content (AvgIpc) is 2.82. The van der Waals surface area contributed by atoms with Crippen molar-refractivity contribution < 1.29 is 18.7 Å². The number of rotatable bonds is 9. The summed E-state index contributed by atoms with van der Waals surface area (Å²) in [6, 6.07) is 8.27. The van der Waals surface area contributed by atoms with E-state index in [-0.39, 0.29) is 29.3 Å². The minimum Gasteiger partial charge on any atom is -0.475 e. The lowest BCUT2D eigenvalue weighted by Crippen LogP contribution is -2.43. The molecule has 10 heteroatoms. The third kappa shape index (κ3) is 5.35. The number of carbonyl (C=O) groups excluding carboxylic acids is 1. The maximum atomic E-state index is 14.8. The van der Waals surface area contributed by atoms with Gasteiger partial charge in [-0.05, 0) is 48.6 Å². The topological polar surface area (TPSA) is 137 Å². The van der Waals surface area contributed by atoms with Crippen LogP contribution in [0.1, 0.15) is 36.0 Å². The van der Waals surface area contributed by atoms with Gasteiger partial charge < -0.3 is 31.6 Å². The van der Waals surface area contributed by atoms with Crippen molar-refractivity contribution >= 4 is 34.0 Å². The van der Waals surface area contributed by atoms with Gasteiger partial charge in [-0.25, -0.2) is 14.4 Å². The highest BCUT2D eigenvalue weighted by molar-refractivity contribution is 5.99. The molecule has 1 saturated carbocycles. The molecule has 1 amide bonds. The van der Waals surface area contributed by atoms with Gasteiger partial charge in [0, 0.05) is 36.5 Å². The fourth-order valence-electron chi connectivity index (χ4n) is 4.09. The Balaban J connectivity index is 1.62. The van der Waals surface area contributed by atoms with Gasteiger partial charge in [-0.1, -0.05) is 12.8 Å². The molecule has 2 aromatic heterocycles. The number of halogens is 1. The fourth-order valence-corrected chi connectivity index (χ4v) is 4.09. The first-order valence-corrected chi connectivity index (χ1v) is 11.3. The second kappa shape index (κ2) is 10.6. The molecule has 2 heterocycles. The van der Waals surface area contributed by atoms with Gasteiger partial charge in [0.05, 0.1) is 12.2 Å². The number of benzene rings is 1. The number of aromatic nitrogens is 2. The van der Waals surface area contributed by atoms with Crippen LogP contribution < -0.4 is 26.8 Å². The van der Waals surface area contributed by atoms with Crippen LogP contribution in [0.25, 0.3) is 10.8 Å². The van der Waals surface area contributed by atoms with E-state index in [0.29, 0.717) is 24.8 Å². The molecule has 9 nitrogen and oxygen atoms in total. The van der Waals surface area contributed by atoms with Crippen LogP contribution in [0.4, 0.5) is 21.7 Å². The van der Waals surface area contributed by atoms with Gasteiger partial charge in [0.2, 0.25) is 5.88 Å². The highest BCUT2D eigenvalue weighted by Gasteiger charge is 2.24. The summed E-state index contributed by atoms with van der Waals surface area (Å²) < 4.78 is 25.5. The van der Waals surface area contributed by atoms with Crippen LogP contribution >= 0.6 is 0 Å². The molecule has 3 aromatic rings. The van der Waals surface area contributed by atoms with Crippen molar-refractivity contribution in [2.75, 3.05) is 31.0 Å². The maximum Gasteiger partial charge on any atom is 0.252 e. The SMILES string of the molecule is COCCOc1nccc2cc(Nc3nc(N[C@@H]4CCCC[C@@H]4N)c(F)cc3C(N)=O)ccc12. The number of amides is 1. The van der Waals surface area contributed by atoms with Crippen molar-refractivity contribution in [3.8, 4) is 5.88 Å². The molecule has 0 unspecified atom stereocenters. The lowest BCUT2D eigenvalue weighted by atomic mass is 9.91. The van der Waals surface area contributed by atoms with Crippen LogP contribution in [0.2, 0.25) is 0 Å². The number of nitrogens with two attached hydrogens (primary N) is 2. The first-order chi connectivity index (χ1) is 16.5. The fraction of sp³-hybridized carbons (Fsp3) is 0.375. The Morgan fingerprint density at radius 3 is 2.76 bits per heavy atom. The Morgan fingerprint density at radius 2 is 2.00 bits per heavy atom. The molecule has 0 bridgehead atoms. The number of nitrogens with one attached hydrogen (secondary N) is 2. The molecule has 1 fully saturated rings. The molecule has 1 aliphatic carbocycles. The zero-order valence-electron chi connectivity index (χ0n) is 19.0. The van der Waals surface area contributed by atoms with E-state index in [4.69, 9.17) is 20.9 Å². The standard InChI is InChI=1S/C24H29FN6O3/c1-33-10-11-34-24-16-7-6-15(12-14(16)8-9-28-24)29-22-17(21(27)32)13-18(25)23(31-22)30-20-5-3-2-4-19(20)26/h6-9,12-13,19-20H,2-5,10-11,26H2,1H3,(H2,27,32)(H2,29,30,31)/t19-,20+/m0/s1. The molecule has 34 heavy (non-hydrogen) atoms. The predicted molar refractivity (Wildman–Crippen MR) is 129 cm³/mol. The summed E-state index contributed by atoms with van der Waals surface area (Å²) in [5.74, 6) is -0.748. The quantitative estimate of drug-likeness (QED) is 0.351. The monoisotopic (exact) mass is 468 g/mol. The number of carbonyl (C=O) groups is 1. The summed E-state index contributed by atoms with van der Waals surface area (Å²) in [7, 11) is 1.60. The molecule has 180 valence electrons. The molecule has 0 saturated heterocycles. The van der Waals surface area contributed by atoms with Crippen molar-refractivity contribution in [1.82, 2.24) is 9.97 Å². The van der Waals surface area contributed by atoms with E-state index in [1.165, 1.54) is 0 Å². The van der Waals surface area contributed by atoms with Crippen molar-refractivity contribution in [2.45, 2.75) is 37.8 Å². The molecule has 1 aromatic carbocycles. The lowest BCUT2D eigenvalue weighted by Gasteiger charge is -2.30. The molecule has 4 rings (SSSR count). The minimum absolute atomic E-state index is 0.0358. The average molecular weight is 469 g/mol. The van der Waals surface area contributed by atoms with E-state index in [1.54, 1.807) is 19.4 Å². The number of primary amides is 1. The van der Waals surface area contributed by atoms with Crippen molar-refractivity contribution in [1.29, 1.82) is 0 Å². The second-order valence-corrected chi connectivity index (χ2v) is 8.30. The van der Waals surface area contributed by atoms with E-state index >= 15 is 0 Å². The Hall–Kier alpha value is -3.50.